The topological polar surface area (TPSA) is 58.4 Å². The molecule has 4 nitrogen and oxygen atoms in total. The fourth-order valence-electron chi connectivity index (χ4n) is 4.43. The number of nitrogens with two attached hydrogens (primary N) is 1. The Kier molecular flexibility index (Phi) is 5.67. The van der Waals surface area contributed by atoms with Gasteiger partial charge in [-0.15, -0.1) is 0 Å². The van der Waals surface area contributed by atoms with Gasteiger partial charge in [0.15, 0.2) is 0 Å². The summed E-state index contributed by atoms with van der Waals surface area (Å²) in [5, 5.41) is 3.47. The van der Waals surface area contributed by atoms with Gasteiger partial charge in [-0.25, -0.2) is 0 Å². The summed E-state index contributed by atoms with van der Waals surface area (Å²) < 4.78 is 0. The maximum atomic E-state index is 12.0. The highest BCUT2D eigenvalue weighted by molar-refractivity contribution is 5.85. The van der Waals surface area contributed by atoms with Crippen LogP contribution in [0.1, 0.15) is 72.1 Å². The summed E-state index contributed by atoms with van der Waals surface area (Å²) in [7, 11) is 0. The van der Waals surface area contributed by atoms with Crippen LogP contribution in [0, 0.1) is 0 Å². The lowest BCUT2D eigenvalue weighted by Gasteiger charge is -2.41. The fraction of sp³-hybridized carbons (Fsp3) is 0.941. The van der Waals surface area contributed by atoms with E-state index in [1.807, 2.05) is 0 Å². The van der Waals surface area contributed by atoms with Crippen LogP contribution in [0.4, 0.5) is 0 Å². The number of carbonyl (C=O) groups is 1. The number of hydrogen-bond donors (Lipinski definition) is 2. The minimum atomic E-state index is -0.479. The van der Waals surface area contributed by atoms with Crippen LogP contribution >= 0.6 is 0 Å². The van der Waals surface area contributed by atoms with Crippen LogP contribution in [-0.4, -0.2) is 41.0 Å². The Balaban J connectivity index is 2.06. The van der Waals surface area contributed by atoms with Crippen molar-refractivity contribution in [2.75, 3.05) is 6.54 Å². The number of primary amides is 1. The molecule has 1 amide bonds. The third kappa shape index (κ3) is 3.78. The monoisotopic (exact) mass is 295 g/mol. The Hall–Kier alpha value is -0.610. The normalized spacial score (nSPS) is 34.5. The van der Waals surface area contributed by atoms with Gasteiger partial charge in [-0.1, -0.05) is 19.8 Å². The lowest BCUT2D eigenvalue weighted by molar-refractivity contribution is -0.124. The van der Waals surface area contributed by atoms with Gasteiger partial charge in [-0.2, -0.15) is 0 Å². The van der Waals surface area contributed by atoms with Gasteiger partial charge in [0.05, 0.1) is 5.54 Å². The molecule has 0 spiro atoms. The summed E-state index contributed by atoms with van der Waals surface area (Å²) in [6.45, 7) is 7.67. The van der Waals surface area contributed by atoms with E-state index in [1.54, 1.807) is 0 Å². The molecule has 3 N–H and O–H groups in total. The molecule has 3 unspecified atom stereocenters. The molecule has 1 saturated heterocycles. The number of nitrogens with zero attached hydrogens (tertiary/aromatic N) is 1. The van der Waals surface area contributed by atoms with Crippen molar-refractivity contribution >= 4 is 5.91 Å². The lowest BCUT2D eigenvalue weighted by atomic mass is 9.92. The molecular formula is C17H33N3O. The molecule has 1 aliphatic carbocycles. The average molecular weight is 295 g/mol. The fourth-order valence-corrected chi connectivity index (χ4v) is 4.43. The summed E-state index contributed by atoms with van der Waals surface area (Å²) in [5.74, 6) is -0.164. The quantitative estimate of drug-likeness (QED) is 0.791. The molecule has 0 radical (unpaired) electrons. The van der Waals surface area contributed by atoms with Crippen molar-refractivity contribution in [3.8, 4) is 0 Å². The molecule has 1 aliphatic heterocycles. The van der Waals surface area contributed by atoms with Crippen LogP contribution in [0.3, 0.4) is 0 Å². The highest BCUT2D eigenvalue weighted by atomic mass is 16.1. The van der Waals surface area contributed by atoms with Crippen LogP contribution in [0.5, 0.6) is 0 Å². The molecule has 2 rings (SSSR count). The Bertz CT molecular complexity index is 356. The van der Waals surface area contributed by atoms with E-state index >= 15 is 0 Å². The maximum absolute atomic E-state index is 12.0. The SMILES string of the molecule is CCCC1CCCCN1C1CCC(NC(C)C)(C(N)=O)C1. The number of hydrogen-bond acceptors (Lipinski definition) is 3. The van der Waals surface area contributed by atoms with E-state index < -0.39 is 5.54 Å². The van der Waals surface area contributed by atoms with E-state index in [0.29, 0.717) is 12.1 Å². The first-order valence-electron chi connectivity index (χ1n) is 8.82. The van der Waals surface area contributed by atoms with Crippen LogP contribution in [-0.2, 0) is 4.79 Å². The molecule has 3 atom stereocenters. The van der Waals surface area contributed by atoms with Crippen molar-refractivity contribution < 1.29 is 4.79 Å². The number of likely N-dealkylation sites (tertiary alicyclic amines) is 1. The highest BCUT2D eigenvalue weighted by Crippen LogP contribution is 2.37. The second-order valence-corrected chi connectivity index (χ2v) is 7.32. The van der Waals surface area contributed by atoms with Gasteiger partial charge in [0.2, 0.25) is 5.91 Å². The molecule has 0 aromatic heterocycles. The zero-order chi connectivity index (χ0) is 15.5. The Morgan fingerprint density at radius 2 is 2.14 bits per heavy atom. The predicted octanol–water partition coefficient (Wildman–Crippen LogP) is 2.42. The zero-order valence-electron chi connectivity index (χ0n) is 14.0. The first-order chi connectivity index (χ1) is 9.98. The van der Waals surface area contributed by atoms with Gasteiger partial charge in [0.1, 0.15) is 0 Å². The van der Waals surface area contributed by atoms with Crippen molar-refractivity contribution in [1.82, 2.24) is 10.2 Å². The Morgan fingerprint density at radius 1 is 1.38 bits per heavy atom. The van der Waals surface area contributed by atoms with Gasteiger partial charge < -0.3 is 11.1 Å². The third-order valence-corrected chi connectivity index (χ3v) is 5.29. The molecule has 1 saturated carbocycles. The van der Waals surface area contributed by atoms with E-state index in [1.165, 1.54) is 38.6 Å². The molecule has 0 bridgehead atoms. The molecule has 0 aromatic carbocycles. The second-order valence-electron chi connectivity index (χ2n) is 7.32. The molecule has 2 aliphatic rings. The van der Waals surface area contributed by atoms with Gasteiger partial charge in [-0.05, 0) is 58.9 Å². The standard InChI is InChI=1S/C17H33N3O/c1-4-7-14-8-5-6-11-20(14)15-9-10-17(12-15,16(18)21)19-13(2)3/h13-15,19H,4-12H2,1-3H3,(H2,18,21). The summed E-state index contributed by atoms with van der Waals surface area (Å²) in [6, 6.07) is 1.54. The summed E-state index contributed by atoms with van der Waals surface area (Å²) in [5.41, 5.74) is 5.27. The highest BCUT2D eigenvalue weighted by Gasteiger charge is 2.46. The molecule has 122 valence electrons. The first-order valence-corrected chi connectivity index (χ1v) is 8.82. The summed E-state index contributed by atoms with van der Waals surface area (Å²) in [6.07, 6.45) is 9.41. The van der Waals surface area contributed by atoms with Gasteiger partial charge >= 0.3 is 0 Å². The molecule has 1 heterocycles. The Morgan fingerprint density at radius 3 is 2.76 bits per heavy atom. The maximum Gasteiger partial charge on any atom is 0.237 e. The van der Waals surface area contributed by atoms with E-state index in [-0.39, 0.29) is 5.91 Å². The van der Waals surface area contributed by atoms with E-state index in [4.69, 9.17) is 5.73 Å². The first kappa shape index (κ1) is 16.8. The lowest BCUT2D eigenvalue weighted by Crippen LogP contribution is -2.57. The largest absolute Gasteiger partial charge is 0.368 e. The minimum Gasteiger partial charge on any atom is -0.368 e. The van der Waals surface area contributed by atoms with Crippen LogP contribution in [0.25, 0.3) is 0 Å². The number of nitrogens with one attached hydrogen (secondary N) is 1. The molecular weight excluding hydrogens is 262 g/mol. The van der Waals surface area contributed by atoms with Crippen molar-refractivity contribution in [3.63, 3.8) is 0 Å². The third-order valence-electron chi connectivity index (χ3n) is 5.29. The van der Waals surface area contributed by atoms with Crippen LogP contribution in [0.15, 0.2) is 0 Å². The van der Waals surface area contributed by atoms with Gasteiger partial charge in [0.25, 0.3) is 0 Å². The van der Waals surface area contributed by atoms with Crippen LogP contribution < -0.4 is 11.1 Å². The number of carbonyl (C=O) groups excluding carboxylic acids is 1. The number of amides is 1. The van der Waals surface area contributed by atoms with E-state index in [9.17, 15) is 4.79 Å². The van der Waals surface area contributed by atoms with E-state index in [0.717, 1.165) is 25.3 Å². The van der Waals surface area contributed by atoms with Crippen molar-refractivity contribution in [3.05, 3.63) is 0 Å². The van der Waals surface area contributed by atoms with Gasteiger partial charge in [-0.3, -0.25) is 9.69 Å². The molecule has 0 aromatic rings. The average Bonchev–Trinajstić information content (AvgIpc) is 2.84. The predicted molar refractivity (Wildman–Crippen MR) is 87.1 cm³/mol. The summed E-state index contributed by atoms with van der Waals surface area (Å²) >= 11 is 0. The van der Waals surface area contributed by atoms with E-state index in [2.05, 4.69) is 31.0 Å². The van der Waals surface area contributed by atoms with Gasteiger partial charge in [0, 0.05) is 18.1 Å². The summed E-state index contributed by atoms with van der Waals surface area (Å²) in [4.78, 5) is 14.7. The smallest absolute Gasteiger partial charge is 0.237 e. The minimum absolute atomic E-state index is 0.164. The van der Waals surface area contributed by atoms with Crippen molar-refractivity contribution in [1.29, 1.82) is 0 Å². The molecule has 4 heteroatoms. The number of rotatable bonds is 6. The zero-order valence-corrected chi connectivity index (χ0v) is 14.0. The molecule has 2 fully saturated rings. The molecule has 21 heavy (non-hydrogen) atoms. The van der Waals surface area contributed by atoms with Crippen molar-refractivity contribution in [2.45, 2.75) is 95.8 Å². The second kappa shape index (κ2) is 7.10. The van der Waals surface area contributed by atoms with Crippen LogP contribution in [0.2, 0.25) is 0 Å². The number of piperidine rings is 1. The van der Waals surface area contributed by atoms with Crippen molar-refractivity contribution in [2.24, 2.45) is 5.73 Å². The Labute approximate surface area is 129 Å².